The second-order valence-corrected chi connectivity index (χ2v) is 4.97. The highest BCUT2D eigenvalue weighted by molar-refractivity contribution is 5.74. The van der Waals surface area contributed by atoms with Gasteiger partial charge in [0.15, 0.2) is 0 Å². The Bertz CT molecular complexity index is 181. The molecular formula is C11H21NO. The molecule has 2 N–H and O–H groups in total. The van der Waals surface area contributed by atoms with Gasteiger partial charge in [-0.1, -0.05) is 33.1 Å². The molecule has 1 fully saturated rings. The maximum absolute atomic E-state index is 10.9. The summed E-state index contributed by atoms with van der Waals surface area (Å²) in [5.41, 5.74) is 5.36. The summed E-state index contributed by atoms with van der Waals surface area (Å²) >= 11 is 0. The standard InChI is InChI=1S/C11H21NO/c1-11(2,8-10(12)13)9-6-4-3-5-7-9/h9H,3-8H2,1-2H3,(H2,12,13). The van der Waals surface area contributed by atoms with E-state index in [0.717, 1.165) is 0 Å². The first kappa shape index (κ1) is 10.6. The fraction of sp³-hybridized carbons (Fsp3) is 0.909. The zero-order valence-corrected chi connectivity index (χ0v) is 8.81. The van der Waals surface area contributed by atoms with E-state index in [1.807, 2.05) is 0 Å². The second kappa shape index (κ2) is 4.12. The molecule has 76 valence electrons. The topological polar surface area (TPSA) is 43.1 Å². The summed E-state index contributed by atoms with van der Waals surface area (Å²) in [6.07, 6.45) is 7.11. The predicted octanol–water partition coefficient (Wildman–Crippen LogP) is 2.47. The van der Waals surface area contributed by atoms with Gasteiger partial charge in [0.25, 0.3) is 0 Å². The van der Waals surface area contributed by atoms with Crippen LogP contribution in [-0.4, -0.2) is 5.91 Å². The fourth-order valence-electron chi connectivity index (χ4n) is 2.48. The van der Waals surface area contributed by atoms with Crippen LogP contribution in [0.4, 0.5) is 0 Å². The minimum absolute atomic E-state index is 0.117. The van der Waals surface area contributed by atoms with Crippen molar-refractivity contribution in [3.63, 3.8) is 0 Å². The summed E-state index contributed by atoms with van der Waals surface area (Å²) in [7, 11) is 0. The van der Waals surface area contributed by atoms with Crippen LogP contribution in [0.15, 0.2) is 0 Å². The Labute approximate surface area is 80.9 Å². The van der Waals surface area contributed by atoms with E-state index in [2.05, 4.69) is 13.8 Å². The van der Waals surface area contributed by atoms with Crippen molar-refractivity contribution in [2.75, 3.05) is 0 Å². The Kier molecular flexibility index (Phi) is 3.34. The third-order valence-electron chi connectivity index (χ3n) is 3.34. The first-order valence-electron chi connectivity index (χ1n) is 5.31. The third kappa shape index (κ3) is 3.02. The summed E-state index contributed by atoms with van der Waals surface area (Å²) in [6.45, 7) is 4.35. The molecule has 0 aromatic heterocycles. The van der Waals surface area contributed by atoms with E-state index in [4.69, 9.17) is 5.73 Å². The van der Waals surface area contributed by atoms with Gasteiger partial charge in [0.1, 0.15) is 0 Å². The Hall–Kier alpha value is -0.530. The zero-order valence-electron chi connectivity index (χ0n) is 8.81. The number of rotatable bonds is 3. The summed E-state index contributed by atoms with van der Waals surface area (Å²) < 4.78 is 0. The van der Waals surface area contributed by atoms with E-state index in [-0.39, 0.29) is 11.3 Å². The molecule has 13 heavy (non-hydrogen) atoms. The molecule has 2 heteroatoms. The Balaban J connectivity index is 2.50. The van der Waals surface area contributed by atoms with Gasteiger partial charge in [-0.05, 0) is 24.2 Å². The van der Waals surface area contributed by atoms with Crippen molar-refractivity contribution in [2.45, 2.75) is 52.4 Å². The lowest BCUT2D eigenvalue weighted by Crippen LogP contribution is -2.31. The van der Waals surface area contributed by atoms with E-state index in [1.165, 1.54) is 32.1 Å². The minimum atomic E-state index is -0.157. The molecule has 1 saturated carbocycles. The molecule has 0 saturated heterocycles. The van der Waals surface area contributed by atoms with Crippen LogP contribution in [0.2, 0.25) is 0 Å². The molecule has 1 aliphatic rings. The number of hydrogen-bond donors (Lipinski definition) is 1. The van der Waals surface area contributed by atoms with Crippen LogP contribution in [-0.2, 0) is 4.79 Å². The molecule has 0 spiro atoms. The van der Waals surface area contributed by atoms with Crippen LogP contribution in [0.1, 0.15) is 52.4 Å². The quantitative estimate of drug-likeness (QED) is 0.717. The number of carbonyl (C=O) groups excluding carboxylic acids is 1. The van der Waals surface area contributed by atoms with Crippen molar-refractivity contribution in [3.8, 4) is 0 Å². The summed E-state index contributed by atoms with van der Waals surface area (Å²) in [5, 5.41) is 0. The van der Waals surface area contributed by atoms with Gasteiger partial charge >= 0.3 is 0 Å². The minimum Gasteiger partial charge on any atom is -0.370 e. The molecule has 0 heterocycles. The SMILES string of the molecule is CC(C)(CC(N)=O)C1CCCCC1. The molecule has 0 atom stereocenters. The lowest BCUT2D eigenvalue weighted by atomic mass is 9.69. The van der Waals surface area contributed by atoms with Gasteiger partial charge in [-0.15, -0.1) is 0 Å². The summed E-state index contributed by atoms with van der Waals surface area (Å²) in [6, 6.07) is 0. The molecule has 0 aromatic carbocycles. The normalized spacial score (nSPS) is 20.2. The molecule has 2 nitrogen and oxygen atoms in total. The molecule has 1 amide bonds. The summed E-state index contributed by atoms with van der Waals surface area (Å²) in [5.74, 6) is 0.546. The largest absolute Gasteiger partial charge is 0.370 e. The van der Waals surface area contributed by atoms with Gasteiger partial charge in [0.2, 0.25) is 5.91 Å². The Morgan fingerprint density at radius 1 is 1.31 bits per heavy atom. The molecule has 0 bridgehead atoms. The number of nitrogens with two attached hydrogens (primary N) is 1. The lowest BCUT2D eigenvalue weighted by molar-refractivity contribution is -0.120. The van der Waals surface area contributed by atoms with Gasteiger partial charge < -0.3 is 5.73 Å². The third-order valence-corrected chi connectivity index (χ3v) is 3.34. The average molecular weight is 183 g/mol. The highest BCUT2D eigenvalue weighted by Gasteiger charge is 2.31. The van der Waals surface area contributed by atoms with Crippen LogP contribution in [0.25, 0.3) is 0 Å². The Morgan fingerprint density at radius 2 is 1.85 bits per heavy atom. The lowest BCUT2D eigenvalue weighted by Gasteiger charge is -2.36. The number of carbonyl (C=O) groups is 1. The van der Waals surface area contributed by atoms with Crippen molar-refractivity contribution in [3.05, 3.63) is 0 Å². The number of hydrogen-bond acceptors (Lipinski definition) is 1. The van der Waals surface area contributed by atoms with Crippen molar-refractivity contribution < 1.29 is 4.79 Å². The molecule has 1 rings (SSSR count). The molecular weight excluding hydrogens is 162 g/mol. The first-order chi connectivity index (χ1) is 6.02. The zero-order chi connectivity index (χ0) is 9.90. The van der Waals surface area contributed by atoms with Gasteiger partial charge in [-0.25, -0.2) is 0 Å². The van der Waals surface area contributed by atoms with Gasteiger partial charge in [0, 0.05) is 6.42 Å². The van der Waals surface area contributed by atoms with Crippen molar-refractivity contribution in [2.24, 2.45) is 17.1 Å². The van der Waals surface area contributed by atoms with E-state index in [0.29, 0.717) is 12.3 Å². The van der Waals surface area contributed by atoms with E-state index in [9.17, 15) is 4.79 Å². The fourth-order valence-corrected chi connectivity index (χ4v) is 2.48. The molecule has 0 aliphatic heterocycles. The second-order valence-electron chi connectivity index (χ2n) is 4.97. The molecule has 1 aliphatic carbocycles. The molecule has 0 aromatic rings. The first-order valence-corrected chi connectivity index (χ1v) is 5.31. The van der Waals surface area contributed by atoms with E-state index < -0.39 is 0 Å². The van der Waals surface area contributed by atoms with Crippen LogP contribution in [0.5, 0.6) is 0 Å². The monoisotopic (exact) mass is 183 g/mol. The van der Waals surface area contributed by atoms with Crippen LogP contribution in [0, 0.1) is 11.3 Å². The maximum Gasteiger partial charge on any atom is 0.217 e. The molecule has 0 unspecified atom stereocenters. The smallest absolute Gasteiger partial charge is 0.217 e. The highest BCUT2D eigenvalue weighted by atomic mass is 16.1. The van der Waals surface area contributed by atoms with Gasteiger partial charge in [0.05, 0.1) is 0 Å². The van der Waals surface area contributed by atoms with E-state index >= 15 is 0 Å². The van der Waals surface area contributed by atoms with Crippen molar-refractivity contribution in [1.82, 2.24) is 0 Å². The van der Waals surface area contributed by atoms with Gasteiger partial charge in [-0.2, -0.15) is 0 Å². The highest BCUT2D eigenvalue weighted by Crippen LogP contribution is 2.40. The van der Waals surface area contributed by atoms with E-state index in [1.54, 1.807) is 0 Å². The van der Waals surface area contributed by atoms with Crippen molar-refractivity contribution >= 4 is 5.91 Å². The van der Waals surface area contributed by atoms with Crippen LogP contribution >= 0.6 is 0 Å². The number of primary amides is 1. The maximum atomic E-state index is 10.9. The average Bonchev–Trinajstić information content (AvgIpc) is 2.04. The van der Waals surface area contributed by atoms with Gasteiger partial charge in [-0.3, -0.25) is 4.79 Å². The Morgan fingerprint density at radius 3 is 2.31 bits per heavy atom. The van der Waals surface area contributed by atoms with Crippen molar-refractivity contribution in [1.29, 1.82) is 0 Å². The summed E-state index contributed by atoms with van der Waals surface area (Å²) in [4.78, 5) is 10.9. The van der Waals surface area contributed by atoms with Crippen LogP contribution in [0.3, 0.4) is 0 Å². The number of amides is 1. The predicted molar refractivity (Wildman–Crippen MR) is 54.2 cm³/mol. The van der Waals surface area contributed by atoms with Crippen LogP contribution < -0.4 is 5.73 Å². The molecule has 0 radical (unpaired) electrons.